The summed E-state index contributed by atoms with van der Waals surface area (Å²) < 4.78 is 26.8. The molecule has 1 aromatic heterocycles. The molecule has 5 nitrogen and oxygen atoms in total. The molecule has 1 aromatic carbocycles. The van der Waals surface area contributed by atoms with E-state index in [4.69, 9.17) is 0 Å². The second-order valence-electron chi connectivity index (χ2n) is 3.05. The van der Waals surface area contributed by atoms with E-state index in [9.17, 15) is 8.42 Å². The van der Waals surface area contributed by atoms with Gasteiger partial charge in [0.1, 0.15) is 4.90 Å². The Balaban J connectivity index is 2.29. The molecule has 16 heavy (non-hydrogen) atoms. The van der Waals surface area contributed by atoms with Gasteiger partial charge in [0.2, 0.25) is 0 Å². The number of benzene rings is 1. The topological polar surface area (TPSA) is 74.8 Å². The molecule has 0 saturated carbocycles. The van der Waals surface area contributed by atoms with Crippen molar-refractivity contribution in [3.05, 3.63) is 41.1 Å². The van der Waals surface area contributed by atoms with Gasteiger partial charge in [0, 0.05) is 16.4 Å². The molecule has 0 radical (unpaired) electrons. The van der Waals surface area contributed by atoms with Crippen LogP contribution in [0.5, 0.6) is 0 Å². The Morgan fingerprint density at radius 1 is 1.38 bits per heavy atom. The third-order valence-electron chi connectivity index (χ3n) is 1.86. The maximum absolute atomic E-state index is 11.8. The van der Waals surface area contributed by atoms with Crippen LogP contribution in [0.4, 0.5) is 5.69 Å². The van der Waals surface area contributed by atoms with Crippen molar-refractivity contribution in [1.82, 2.24) is 10.2 Å². The first kappa shape index (κ1) is 11.2. The second kappa shape index (κ2) is 4.26. The van der Waals surface area contributed by atoms with Crippen LogP contribution in [0.3, 0.4) is 0 Å². The molecule has 0 aliphatic carbocycles. The van der Waals surface area contributed by atoms with Gasteiger partial charge >= 0.3 is 0 Å². The van der Waals surface area contributed by atoms with Crippen LogP contribution in [0.1, 0.15) is 0 Å². The Kier molecular flexibility index (Phi) is 2.97. The molecule has 2 N–H and O–H groups in total. The van der Waals surface area contributed by atoms with Crippen molar-refractivity contribution in [3.63, 3.8) is 0 Å². The first-order valence-corrected chi connectivity index (χ1v) is 6.63. The van der Waals surface area contributed by atoms with Gasteiger partial charge in [0.15, 0.2) is 0 Å². The minimum absolute atomic E-state index is 0.104. The number of aromatic nitrogens is 2. The summed E-state index contributed by atoms with van der Waals surface area (Å²) in [4.78, 5) is 0.104. The molecule has 0 spiro atoms. The van der Waals surface area contributed by atoms with E-state index in [1.807, 2.05) is 6.07 Å². The summed E-state index contributed by atoms with van der Waals surface area (Å²) in [5.41, 5.74) is 0.496. The van der Waals surface area contributed by atoms with Gasteiger partial charge in [-0.2, -0.15) is 5.10 Å². The molecular formula is C9H8BrN3O2S. The van der Waals surface area contributed by atoms with Crippen LogP contribution in [-0.2, 0) is 10.0 Å². The SMILES string of the molecule is O=S(=O)(Nc1cccc(Br)c1)c1cn[nH]c1. The molecule has 0 aliphatic heterocycles. The Bertz CT molecular complexity index is 581. The van der Waals surface area contributed by atoms with Crippen LogP contribution in [0, 0.1) is 0 Å². The lowest BCUT2D eigenvalue weighted by molar-refractivity contribution is 0.601. The Hall–Kier alpha value is -1.34. The second-order valence-corrected chi connectivity index (χ2v) is 5.65. The average molecular weight is 302 g/mol. The van der Waals surface area contributed by atoms with Gasteiger partial charge in [-0.25, -0.2) is 8.42 Å². The minimum atomic E-state index is -3.55. The van der Waals surface area contributed by atoms with E-state index in [2.05, 4.69) is 30.8 Å². The van der Waals surface area contributed by atoms with Crippen LogP contribution >= 0.6 is 15.9 Å². The van der Waals surface area contributed by atoms with Gasteiger partial charge in [-0.3, -0.25) is 9.82 Å². The number of aromatic amines is 1. The predicted octanol–water partition coefficient (Wildman–Crippen LogP) is 1.97. The van der Waals surface area contributed by atoms with E-state index >= 15 is 0 Å². The zero-order valence-electron chi connectivity index (χ0n) is 8.01. The molecule has 0 amide bonds. The number of hydrogen-bond donors (Lipinski definition) is 2. The summed E-state index contributed by atoms with van der Waals surface area (Å²) >= 11 is 3.27. The molecule has 1 heterocycles. The summed E-state index contributed by atoms with van der Waals surface area (Å²) in [5.74, 6) is 0. The van der Waals surface area contributed by atoms with Crippen molar-refractivity contribution in [3.8, 4) is 0 Å². The number of H-pyrrole nitrogens is 1. The van der Waals surface area contributed by atoms with E-state index in [-0.39, 0.29) is 4.90 Å². The third kappa shape index (κ3) is 2.42. The van der Waals surface area contributed by atoms with E-state index in [0.29, 0.717) is 5.69 Å². The summed E-state index contributed by atoms with van der Waals surface area (Å²) in [6, 6.07) is 6.91. The standard InChI is InChI=1S/C9H8BrN3O2S/c10-7-2-1-3-8(4-7)13-16(14,15)9-5-11-12-6-9/h1-6,13H,(H,11,12). The summed E-state index contributed by atoms with van der Waals surface area (Å²) in [5, 5.41) is 6.05. The van der Waals surface area contributed by atoms with Crippen molar-refractivity contribution >= 4 is 31.6 Å². The van der Waals surface area contributed by atoms with Crippen molar-refractivity contribution in [2.45, 2.75) is 4.90 Å². The fraction of sp³-hybridized carbons (Fsp3) is 0. The van der Waals surface area contributed by atoms with Crippen molar-refractivity contribution < 1.29 is 8.42 Å². The van der Waals surface area contributed by atoms with Crippen molar-refractivity contribution in [1.29, 1.82) is 0 Å². The quantitative estimate of drug-likeness (QED) is 0.910. The van der Waals surface area contributed by atoms with Crippen LogP contribution in [-0.4, -0.2) is 18.6 Å². The monoisotopic (exact) mass is 301 g/mol. The van der Waals surface area contributed by atoms with Crippen LogP contribution in [0.2, 0.25) is 0 Å². The first-order chi connectivity index (χ1) is 7.58. The number of nitrogens with zero attached hydrogens (tertiary/aromatic N) is 1. The van der Waals surface area contributed by atoms with Crippen molar-refractivity contribution in [2.75, 3.05) is 4.72 Å². The first-order valence-electron chi connectivity index (χ1n) is 4.35. The normalized spacial score (nSPS) is 11.3. The smallest absolute Gasteiger partial charge is 0.265 e. The molecule has 2 rings (SSSR count). The Morgan fingerprint density at radius 3 is 2.81 bits per heavy atom. The number of hydrogen-bond acceptors (Lipinski definition) is 3. The highest BCUT2D eigenvalue weighted by atomic mass is 79.9. The molecule has 0 unspecified atom stereocenters. The van der Waals surface area contributed by atoms with E-state index in [1.54, 1.807) is 18.2 Å². The van der Waals surface area contributed by atoms with E-state index in [1.165, 1.54) is 12.4 Å². The van der Waals surface area contributed by atoms with Gasteiger partial charge in [-0.05, 0) is 18.2 Å². The van der Waals surface area contributed by atoms with Gasteiger partial charge in [-0.15, -0.1) is 0 Å². The largest absolute Gasteiger partial charge is 0.284 e. The minimum Gasteiger partial charge on any atom is -0.284 e. The maximum atomic E-state index is 11.8. The fourth-order valence-corrected chi connectivity index (χ4v) is 2.51. The lowest BCUT2D eigenvalue weighted by Crippen LogP contribution is -2.11. The third-order valence-corrected chi connectivity index (χ3v) is 3.70. The van der Waals surface area contributed by atoms with Gasteiger partial charge in [-0.1, -0.05) is 22.0 Å². The highest BCUT2D eigenvalue weighted by Crippen LogP contribution is 2.18. The molecule has 7 heteroatoms. The lowest BCUT2D eigenvalue weighted by Gasteiger charge is -2.05. The van der Waals surface area contributed by atoms with Crippen molar-refractivity contribution in [2.24, 2.45) is 0 Å². The predicted molar refractivity (Wildman–Crippen MR) is 63.5 cm³/mol. The molecule has 0 atom stereocenters. The van der Waals surface area contributed by atoms with Crippen LogP contribution in [0.15, 0.2) is 46.0 Å². The van der Waals surface area contributed by atoms with Gasteiger partial charge < -0.3 is 0 Å². The van der Waals surface area contributed by atoms with Gasteiger partial charge in [0.25, 0.3) is 10.0 Å². The maximum Gasteiger partial charge on any atom is 0.265 e. The lowest BCUT2D eigenvalue weighted by atomic mass is 10.3. The summed E-state index contributed by atoms with van der Waals surface area (Å²) in [6.45, 7) is 0. The Morgan fingerprint density at radius 2 is 2.19 bits per heavy atom. The molecular weight excluding hydrogens is 294 g/mol. The van der Waals surface area contributed by atoms with Gasteiger partial charge in [0.05, 0.1) is 6.20 Å². The molecule has 84 valence electrons. The fourth-order valence-electron chi connectivity index (χ4n) is 1.15. The number of rotatable bonds is 3. The number of anilines is 1. The number of nitrogens with one attached hydrogen (secondary N) is 2. The highest BCUT2D eigenvalue weighted by molar-refractivity contribution is 9.10. The van der Waals surface area contributed by atoms with E-state index in [0.717, 1.165) is 4.47 Å². The average Bonchev–Trinajstić information content (AvgIpc) is 2.69. The Labute approximate surface area is 101 Å². The van der Waals surface area contributed by atoms with Crippen LogP contribution in [0.25, 0.3) is 0 Å². The summed E-state index contributed by atoms with van der Waals surface area (Å²) in [7, 11) is -3.55. The van der Waals surface area contributed by atoms with Crippen LogP contribution < -0.4 is 4.72 Å². The highest BCUT2D eigenvalue weighted by Gasteiger charge is 2.14. The molecule has 2 aromatic rings. The molecule has 0 bridgehead atoms. The number of sulfonamides is 1. The molecule has 0 aliphatic rings. The summed E-state index contributed by atoms with van der Waals surface area (Å²) in [6.07, 6.45) is 2.57. The number of halogens is 1. The molecule has 0 fully saturated rings. The van der Waals surface area contributed by atoms with E-state index < -0.39 is 10.0 Å². The zero-order chi connectivity index (χ0) is 11.6. The zero-order valence-corrected chi connectivity index (χ0v) is 10.4. The molecule has 0 saturated heterocycles.